The van der Waals surface area contributed by atoms with E-state index in [9.17, 15) is 21.6 Å². The number of halogens is 4. The average molecular weight is 492 g/mol. The summed E-state index contributed by atoms with van der Waals surface area (Å²) in [4.78, 5) is 8.30. The number of rotatable bonds is 9. The van der Waals surface area contributed by atoms with Crippen molar-refractivity contribution in [2.24, 2.45) is 0 Å². The maximum absolute atomic E-state index is 12.8. The standard InChI is InChI=1S/C21H25ClF3N3O3S/c22-18-15-16(21(23,24)25)6-7-19(18)31-17-8-12-28(13-9-17)32(29,30)14-3-1-2-5-20-26-10-4-11-27-20/h4,6-7,10-11,15,17H,1-3,5,8-9,12-14H2. The molecule has 1 aromatic heterocycles. The third-order valence-corrected chi connectivity index (χ3v) is 7.52. The molecular formula is C21H25ClF3N3O3S. The normalized spacial score (nSPS) is 16.2. The Balaban J connectivity index is 1.41. The smallest absolute Gasteiger partial charge is 0.416 e. The largest absolute Gasteiger partial charge is 0.489 e. The number of aryl methyl sites for hydroxylation is 1. The van der Waals surface area contributed by atoms with E-state index in [1.165, 1.54) is 10.4 Å². The highest BCUT2D eigenvalue weighted by molar-refractivity contribution is 7.89. The van der Waals surface area contributed by atoms with Crippen LogP contribution in [0.15, 0.2) is 36.7 Å². The van der Waals surface area contributed by atoms with Crippen molar-refractivity contribution in [1.82, 2.24) is 14.3 Å². The molecule has 2 aromatic rings. The van der Waals surface area contributed by atoms with Gasteiger partial charge in [-0.1, -0.05) is 18.0 Å². The highest BCUT2D eigenvalue weighted by atomic mass is 35.5. The fourth-order valence-corrected chi connectivity index (χ4v) is 5.33. The minimum absolute atomic E-state index is 0.0822. The van der Waals surface area contributed by atoms with E-state index in [2.05, 4.69) is 9.97 Å². The summed E-state index contributed by atoms with van der Waals surface area (Å²) in [6, 6.07) is 4.71. The molecule has 6 nitrogen and oxygen atoms in total. The lowest BCUT2D eigenvalue weighted by molar-refractivity contribution is -0.137. The molecule has 1 aromatic carbocycles. The van der Waals surface area contributed by atoms with Gasteiger partial charge >= 0.3 is 6.18 Å². The number of ether oxygens (including phenoxy) is 1. The SMILES string of the molecule is O=S(=O)(CCCCCc1ncccn1)N1CCC(Oc2ccc(C(F)(F)F)cc2Cl)CC1. The van der Waals surface area contributed by atoms with E-state index in [-0.39, 0.29) is 22.6 Å². The first-order valence-corrected chi connectivity index (χ1v) is 12.4. The number of aromatic nitrogens is 2. The Bertz CT molecular complexity index is 983. The van der Waals surface area contributed by atoms with Gasteiger partial charge in [0.25, 0.3) is 0 Å². The van der Waals surface area contributed by atoms with Gasteiger partial charge < -0.3 is 4.74 Å². The van der Waals surface area contributed by atoms with Crippen LogP contribution in [0.2, 0.25) is 5.02 Å². The molecule has 0 N–H and O–H groups in total. The Labute approximate surface area is 190 Å². The van der Waals surface area contributed by atoms with Crippen LogP contribution in [0, 0.1) is 0 Å². The van der Waals surface area contributed by atoms with Gasteiger partial charge in [0, 0.05) is 31.9 Å². The third-order valence-electron chi connectivity index (χ3n) is 5.27. The summed E-state index contributed by atoms with van der Waals surface area (Å²) in [5.41, 5.74) is -0.841. The van der Waals surface area contributed by atoms with Crippen molar-refractivity contribution in [1.29, 1.82) is 0 Å². The maximum atomic E-state index is 12.8. The highest BCUT2D eigenvalue weighted by Gasteiger charge is 2.32. The Morgan fingerprint density at radius 3 is 2.41 bits per heavy atom. The van der Waals surface area contributed by atoms with Crippen LogP contribution in [0.4, 0.5) is 13.2 Å². The second kappa shape index (κ2) is 10.8. The van der Waals surface area contributed by atoms with E-state index in [0.29, 0.717) is 32.4 Å². The van der Waals surface area contributed by atoms with Crippen LogP contribution < -0.4 is 4.74 Å². The number of unbranched alkanes of at least 4 members (excludes halogenated alkanes) is 2. The van der Waals surface area contributed by atoms with E-state index in [4.69, 9.17) is 16.3 Å². The van der Waals surface area contributed by atoms with Gasteiger partial charge in [-0.2, -0.15) is 13.2 Å². The summed E-state index contributed by atoms with van der Waals surface area (Å²) < 4.78 is 70.7. The maximum Gasteiger partial charge on any atom is 0.416 e. The molecule has 0 saturated carbocycles. The lowest BCUT2D eigenvalue weighted by atomic mass is 10.1. The molecule has 0 unspecified atom stereocenters. The Kier molecular flexibility index (Phi) is 8.35. The van der Waals surface area contributed by atoms with E-state index >= 15 is 0 Å². The Morgan fingerprint density at radius 1 is 1.09 bits per heavy atom. The first-order chi connectivity index (χ1) is 15.1. The molecule has 176 valence electrons. The van der Waals surface area contributed by atoms with Crippen molar-refractivity contribution >= 4 is 21.6 Å². The molecule has 0 atom stereocenters. The molecule has 1 fully saturated rings. The number of sulfonamides is 1. The van der Waals surface area contributed by atoms with Crippen LogP contribution in [0.5, 0.6) is 5.75 Å². The quantitative estimate of drug-likeness (QED) is 0.474. The zero-order valence-electron chi connectivity index (χ0n) is 17.4. The average Bonchev–Trinajstić information content (AvgIpc) is 2.75. The van der Waals surface area contributed by atoms with Gasteiger partial charge in [-0.05, 0) is 49.9 Å². The van der Waals surface area contributed by atoms with Gasteiger partial charge in [-0.3, -0.25) is 0 Å². The number of hydrogen-bond acceptors (Lipinski definition) is 5. The van der Waals surface area contributed by atoms with Gasteiger partial charge in [0.1, 0.15) is 17.7 Å². The van der Waals surface area contributed by atoms with Gasteiger partial charge in [0.05, 0.1) is 16.3 Å². The number of piperidine rings is 1. The molecule has 1 aliphatic heterocycles. The Hall–Kier alpha value is -1.91. The molecule has 0 amide bonds. The van der Waals surface area contributed by atoms with E-state index in [1.807, 2.05) is 0 Å². The second-order valence-electron chi connectivity index (χ2n) is 7.65. The monoisotopic (exact) mass is 491 g/mol. The van der Waals surface area contributed by atoms with Crippen LogP contribution in [0.3, 0.4) is 0 Å². The minimum atomic E-state index is -4.48. The lowest BCUT2D eigenvalue weighted by Gasteiger charge is -2.31. The van der Waals surface area contributed by atoms with Gasteiger partial charge in [0.2, 0.25) is 10.0 Å². The molecule has 2 heterocycles. The van der Waals surface area contributed by atoms with Gasteiger partial charge in [-0.25, -0.2) is 22.7 Å². The number of nitrogens with zero attached hydrogens (tertiary/aromatic N) is 3. The molecule has 0 bridgehead atoms. The summed E-state index contributed by atoms with van der Waals surface area (Å²) in [6.45, 7) is 0.617. The highest BCUT2D eigenvalue weighted by Crippen LogP contribution is 2.35. The molecule has 3 rings (SSSR count). The zero-order chi connectivity index (χ0) is 23.2. The van der Waals surface area contributed by atoms with Crippen molar-refractivity contribution in [3.63, 3.8) is 0 Å². The molecule has 0 spiro atoms. The molecule has 0 radical (unpaired) electrons. The van der Waals surface area contributed by atoms with Crippen LogP contribution in [-0.4, -0.2) is 47.6 Å². The van der Waals surface area contributed by atoms with Crippen LogP contribution in [0.25, 0.3) is 0 Å². The second-order valence-corrected chi connectivity index (χ2v) is 10.1. The van der Waals surface area contributed by atoms with Crippen molar-refractivity contribution in [2.75, 3.05) is 18.8 Å². The lowest BCUT2D eigenvalue weighted by Crippen LogP contribution is -2.42. The Morgan fingerprint density at radius 2 is 1.78 bits per heavy atom. The summed E-state index contributed by atoms with van der Waals surface area (Å²) in [5, 5.41) is -0.115. The molecule has 11 heteroatoms. The molecule has 0 aliphatic carbocycles. The van der Waals surface area contributed by atoms with Crippen molar-refractivity contribution in [2.45, 2.75) is 50.8 Å². The molecular weight excluding hydrogens is 467 g/mol. The number of alkyl halides is 3. The van der Waals surface area contributed by atoms with Crippen molar-refractivity contribution < 1.29 is 26.3 Å². The van der Waals surface area contributed by atoms with E-state index in [0.717, 1.165) is 37.2 Å². The zero-order valence-corrected chi connectivity index (χ0v) is 19.0. The first kappa shape index (κ1) is 24.7. The van der Waals surface area contributed by atoms with E-state index < -0.39 is 21.8 Å². The van der Waals surface area contributed by atoms with Crippen LogP contribution >= 0.6 is 11.6 Å². The fraction of sp³-hybridized carbons (Fsp3) is 0.524. The number of benzene rings is 1. The molecule has 1 saturated heterocycles. The third kappa shape index (κ3) is 7.05. The summed E-state index contributed by atoms with van der Waals surface area (Å²) in [6.07, 6.45) is 2.36. The van der Waals surface area contributed by atoms with E-state index in [1.54, 1.807) is 18.5 Å². The van der Waals surface area contributed by atoms with Gasteiger partial charge in [0.15, 0.2) is 0 Å². The summed E-state index contributed by atoms with van der Waals surface area (Å²) >= 11 is 5.94. The predicted molar refractivity (Wildman–Crippen MR) is 115 cm³/mol. The first-order valence-electron chi connectivity index (χ1n) is 10.4. The van der Waals surface area contributed by atoms with Crippen molar-refractivity contribution in [3.8, 4) is 5.75 Å². The predicted octanol–water partition coefficient (Wildman–Crippen LogP) is 4.73. The topological polar surface area (TPSA) is 72.4 Å². The summed E-state index contributed by atoms with van der Waals surface area (Å²) in [7, 11) is -3.36. The fourth-order valence-electron chi connectivity index (χ4n) is 3.51. The minimum Gasteiger partial charge on any atom is -0.489 e. The van der Waals surface area contributed by atoms with Crippen molar-refractivity contribution in [3.05, 3.63) is 53.1 Å². The molecule has 1 aliphatic rings. The van der Waals surface area contributed by atoms with Crippen LogP contribution in [0.1, 0.15) is 43.5 Å². The molecule has 32 heavy (non-hydrogen) atoms. The van der Waals surface area contributed by atoms with Gasteiger partial charge in [-0.15, -0.1) is 0 Å². The summed E-state index contributed by atoms with van der Waals surface area (Å²) in [5.74, 6) is 1.01. The number of hydrogen-bond donors (Lipinski definition) is 0. The van der Waals surface area contributed by atoms with Crippen LogP contribution in [-0.2, 0) is 22.6 Å².